The summed E-state index contributed by atoms with van der Waals surface area (Å²) in [6, 6.07) is 1.49. The first kappa shape index (κ1) is 14.1. The predicted molar refractivity (Wildman–Crippen MR) is 77.1 cm³/mol. The Hall–Kier alpha value is -1.85. The Morgan fingerprint density at radius 2 is 2.14 bits per heavy atom. The van der Waals surface area contributed by atoms with E-state index in [9.17, 15) is 9.59 Å². The number of amides is 2. The minimum atomic E-state index is -0.739. The van der Waals surface area contributed by atoms with Gasteiger partial charge in [-0.3, -0.25) is 14.3 Å². The molecule has 114 valence electrons. The molecule has 1 saturated heterocycles. The molecule has 2 aliphatic rings. The zero-order chi connectivity index (χ0) is 15.2. The summed E-state index contributed by atoms with van der Waals surface area (Å²) < 4.78 is 1.71. The summed E-state index contributed by atoms with van der Waals surface area (Å²) in [7, 11) is 1.85. The Kier molecular flexibility index (Phi) is 3.26. The molecule has 1 aromatic heterocycles. The highest BCUT2D eigenvalue weighted by atomic mass is 16.2. The van der Waals surface area contributed by atoms with E-state index < -0.39 is 11.6 Å². The standard InChI is InChI=1S/C15H22N4O2/c1-4-12-13(20)16-15(2,10-5-6-10)14(21)19(12)9-11-7-8-18(3)17-11/h7-8,10,12H,4-6,9H2,1-3H3,(H,16,20). The molecule has 1 saturated carbocycles. The van der Waals surface area contributed by atoms with Crippen molar-refractivity contribution in [2.24, 2.45) is 13.0 Å². The lowest BCUT2D eigenvalue weighted by Crippen LogP contribution is -2.69. The van der Waals surface area contributed by atoms with Crippen LogP contribution in [0, 0.1) is 5.92 Å². The first-order chi connectivity index (χ1) is 9.95. The first-order valence-corrected chi connectivity index (χ1v) is 7.57. The van der Waals surface area contributed by atoms with Crippen LogP contribution in [0.2, 0.25) is 0 Å². The summed E-state index contributed by atoms with van der Waals surface area (Å²) in [5, 5.41) is 7.30. The lowest BCUT2D eigenvalue weighted by atomic mass is 9.88. The van der Waals surface area contributed by atoms with E-state index >= 15 is 0 Å². The third kappa shape index (κ3) is 2.32. The molecule has 2 unspecified atom stereocenters. The van der Waals surface area contributed by atoms with E-state index in [2.05, 4.69) is 10.4 Å². The van der Waals surface area contributed by atoms with E-state index in [-0.39, 0.29) is 17.7 Å². The predicted octanol–water partition coefficient (Wildman–Crippen LogP) is 0.826. The van der Waals surface area contributed by atoms with Gasteiger partial charge in [0.25, 0.3) is 0 Å². The molecule has 2 fully saturated rings. The SMILES string of the molecule is CCC1C(=O)NC(C)(C2CC2)C(=O)N1Cc1ccn(C)n1. The molecule has 1 aromatic rings. The van der Waals surface area contributed by atoms with E-state index in [4.69, 9.17) is 0 Å². The first-order valence-electron chi connectivity index (χ1n) is 7.57. The maximum absolute atomic E-state index is 12.9. The van der Waals surface area contributed by atoms with Crippen LogP contribution in [0.4, 0.5) is 0 Å². The van der Waals surface area contributed by atoms with E-state index in [1.165, 1.54) is 0 Å². The normalized spacial score (nSPS) is 29.7. The second kappa shape index (κ2) is 4.86. The second-order valence-corrected chi connectivity index (χ2v) is 6.30. The molecule has 21 heavy (non-hydrogen) atoms. The van der Waals surface area contributed by atoms with Crippen LogP contribution in [0.1, 0.15) is 38.8 Å². The van der Waals surface area contributed by atoms with Crippen LogP contribution in [0.3, 0.4) is 0 Å². The van der Waals surface area contributed by atoms with Gasteiger partial charge in [0.05, 0.1) is 12.2 Å². The van der Waals surface area contributed by atoms with Crippen LogP contribution in [0.25, 0.3) is 0 Å². The Balaban J connectivity index is 1.89. The van der Waals surface area contributed by atoms with Crippen molar-refractivity contribution >= 4 is 11.8 Å². The molecule has 3 rings (SSSR count). The third-order valence-electron chi connectivity index (χ3n) is 4.65. The van der Waals surface area contributed by atoms with Crippen molar-refractivity contribution in [1.82, 2.24) is 20.0 Å². The van der Waals surface area contributed by atoms with Crippen molar-refractivity contribution in [3.05, 3.63) is 18.0 Å². The molecule has 6 heteroatoms. The minimum Gasteiger partial charge on any atom is -0.340 e. The molecule has 0 spiro atoms. The second-order valence-electron chi connectivity index (χ2n) is 6.30. The van der Waals surface area contributed by atoms with Gasteiger partial charge in [0.1, 0.15) is 11.6 Å². The molecule has 1 aliphatic heterocycles. The number of hydrogen-bond donors (Lipinski definition) is 1. The van der Waals surface area contributed by atoms with Crippen molar-refractivity contribution in [2.75, 3.05) is 0 Å². The van der Waals surface area contributed by atoms with E-state index in [0.717, 1.165) is 18.5 Å². The zero-order valence-corrected chi connectivity index (χ0v) is 12.8. The molecule has 2 atom stereocenters. The van der Waals surface area contributed by atoms with Gasteiger partial charge >= 0.3 is 0 Å². The van der Waals surface area contributed by atoms with Crippen LogP contribution in [0.15, 0.2) is 12.3 Å². The van der Waals surface area contributed by atoms with Crippen LogP contribution < -0.4 is 5.32 Å². The van der Waals surface area contributed by atoms with Gasteiger partial charge in [-0.1, -0.05) is 6.92 Å². The number of hydrogen-bond acceptors (Lipinski definition) is 3. The summed E-state index contributed by atoms with van der Waals surface area (Å²) in [4.78, 5) is 27.0. The largest absolute Gasteiger partial charge is 0.340 e. The minimum absolute atomic E-state index is 0.0297. The highest BCUT2D eigenvalue weighted by molar-refractivity contribution is 6.00. The number of aryl methyl sites for hydroxylation is 1. The van der Waals surface area contributed by atoms with Crippen molar-refractivity contribution in [3.8, 4) is 0 Å². The topological polar surface area (TPSA) is 67.2 Å². The van der Waals surface area contributed by atoms with Gasteiger partial charge in [-0.05, 0) is 38.2 Å². The highest BCUT2D eigenvalue weighted by Gasteiger charge is 2.54. The maximum atomic E-state index is 12.9. The lowest BCUT2D eigenvalue weighted by Gasteiger charge is -2.44. The zero-order valence-electron chi connectivity index (χ0n) is 12.8. The quantitative estimate of drug-likeness (QED) is 0.893. The van der Waals surface area contributed by atoms with Gasteiger partial charge in [0.15, 0.2) is 0 Å². The number of aromatic nitrogens is 2. The van der Waals surface area contributed by atoms with Crippen LogP contribution >= 0.6 is 0 Å². The van der Waals surface area contributed by atoms with E-state index in [0.29, 0.717) is 13.0 Å². The Morgan fingerprint density at radius 3 is 2.67 bits per heavy atom. The number of rotatable bonds is 4. The number of nitrogens with one attached hydrogen (secondary N) is 1. The van der Waals surface area contributed by atoms with Crippen LogP contribution in [-0.4, -0.2) is 38.1 Å². The summed E-state index contributed by atoms with van der Waals surface area (Å²) in [5.74, 6) is 0.266. The van der Waals surface area contributed by atoms with Gasteiger partial charge in [-0.2, -0.15) is 5.10 Å². The summed E-state index contributed by atoms with van der Waals surface area (Å²) in [6.07, 6.45) is 4.49. The van der Waals surface area contributed by atoms with Crippen LogP contribution in [0.5, 0.6) is 0 Å². The average molecular weight is 290 g/mol. The molecule has 2 heterocycles. The Morgan fingerprint density at radius 1 is 1.43 bits per heavy atom. The molecule has 1 aliphatic carbocycles. The Labute approximate surface area is 124 Å². The fraction of sp³-hybridized carbons (Fsp3) is 0.667. The van der Waals surface area contributed by atoms with Crippen molar-refractivity contribution in [1.29, 1.82) is 0 Å². The Bertz CT molecular complexity index is 578. The van der Waals surface area contributed by atoms with E-state index in [1.54, 1.807) is 9.58 Å². The summed E-state index contributed by atoms with van der Waals surface area (Å²) in [5.41, 5.74) is 0.0782. The smallest absolute Gasteiger partial charge is 0.249 e. The van der Waals surface area contributed by atoms with Crippen LogP contribution in [-0.2, 0) is 23.2 Å². The highest BCUT2D eigenvalue weighted by Crippen LogP contribution is 2.42. The molecule has 2 amide bonds. The fourth-order valence-corrected chi connectivity index (χ4v) is 3.22. The lowest BCUT2D eigenvalue weighted by molar-refractivity contribution is -0.156. The molecule has 0 aromatic carbocycles. The molecule has 1 N–H and O–H groups in total. The monoisotopic (exact) mass is 290 g/mol. The van der Waals surface area contributed by atoms with Gasteiger partial charge in [0, 0.05) is 13.2 Å². The number of carbonyl (C=O) groups excluding carboxylic acids is 2. The third-order valence-corrected chi connectivity index (χ3v) is 4.65. The summed E-state index contributed by atoms with van der Waals surface area (Å²) in [6.45, 7) is 4.19. The van der Waals surface area contributed by atoms with Gasteiger partial charge in [-0.25, -0.2) is 0 Å². The van der Waals surface area contributed by atoms with E-state index in [1.807, 2.05) is 33.2 Å². The maximum Gasteiger partial charge on any atom is 0.249 e. The van der Waals surface area contributed by atoms with Gasteiger partial charge < -0.3 is 10.2 Å². The molecular formula is C15H22N4O2. The number of carbonyl (C=O) groups is 2. The molecule has 0 bridgehead atoms. The van der Waals surface area contributed by atoms with Crippen molar-refractivity contribution < 1.29 is 9.59 Å². The number of piperazine rings is 1. The van der Waals surface area contributed by atoms with Gasteiger partial charge in [-0.15, -0.1) is 0 Å². The number of nitrogens with zero attached hydrogens (tertiary/aromatic N) is 3. The summed E-state index contributed by atoms with van der Waals surface area (Å²) >= 11 is 0. The van der Waals surface area contributed by atoms with Crippen molar-refractivity contribution in [3.63, 3.8) is 0 Å². The molecule has 0 radical (unpaired) electrons. The van der Waals surface area contributed by atoms with Gasteiger partial charge in [0.2, 0.25) is 11.8 Å². The fourth-order valence-electron chi connectivity index (χ4n) is 3.22. The molecular weight excluding hydrogens is 268 g/mol. The molecule has 6 nitrogen and oxygen atoms in total. The van der Waals surface area contributed by atoms with Crippen molar-refractivity contribution in [2.45, 2.75) is 51.2 Å². The average Bonchev–Trinajstić information content (AvgIpc) is 3.21.